The lowest BCUT2D eigenvalue weighted by molar-refractivity contribution is -0.118. The van der Waals surface area contributed by atoms with Crippen LogP contribution in [-0.4, -0.2) is 42.9 Å². The largest absolute Gasteiger partial charge is 0.508 e. The number of carbonyl (C=O) groups is 1. The number of rotatable bonds is 7. The first-order valence-corrected chi connectivity index (χ1v) is 11.5. The van der Waals surface area contributed by atoms with E-state index in [-0.39, 0.29) is 23.2 Å². The number of nitrogens with zero attached hydrogens (tertiary/aromatic N) is 4. The molecule has 33 heavy (non-hydrogen) atoms. The van der Waals surface area contributed by atoms with Crippen molar-refractivity contribution in [3.63, 3.8) is 0 Å². The Hall–Kier alpha value is -3.63. The van der Waals surface area contributed by atoms with Crippen LogP contribution in [0.3, 0.4) is 0 Å². The lowest BCUT2D eigenvalue weighted by Crippen LogP contribution is -2.20. The normalized spacial score (nSPS) is 11.1. The Labute approximate surface area is 202 Å². The number of hydrazone groups is 1. The predicted octanol–water partition coefficient (Wildman–Crippen LogP) is 4.35. The van der Waals surface area contributed by atoms with E-state index in [9.17, 15) is 15.0 Å². The fourth-order valence-electron chi connectivity index (χ4n) is 2.94. The number of hydrogen-bond donors (Lipinski definition) is 3. The molecule has 0 unspecified atom stereocenters. The lowest BCUT2D eigenvalue weighted by Gasteiger charge is -2.10. The Bertz CT molecular complexity index is 1290. The van der Waals surface area contributed by atoms with Crippen LogP contribution in [0.5, 0.6) is 11.5 Å². The quantitative estimate of drug-likeness (QED) is 0.188. The van der Waals surface area contributed by atoms with E-state index in [4.69, 9.17) is 0 Å². The summed E-state index contributed by atoms with van der Waals surface area (Å²) in [6, 6.07) is 21.5. The van der Waals surface area contributed by atoms with Crippen molar-refractivity contribution >= 4 is 39.8 Å². The smallest absolute Gasteiger partial charge is 0.250 e. The van der Waals surface area contributed by atoms with Gasteiger partial charge in [0.25, 0.3) is 5.91 Å². The number of aromatic hydroxyl groups is 2. The van der Waals surface area contributed by atoms with Crippen LogP contribution in [0.1, 0.15) is 5.56 Å². The van der Waals surface area contributed by atoms with Gasteiger partial charge in [-0.25, -0.2) is 5.43 Å². The lowest BCUT2D eigenvalue weighted by atomic mass is 10.2. The molecule has 0 saturated carbocycles. The highest BCUT2D eigenvalue weighted by Crippen LogP contribution is 2.28. The molecule has 3 N–H and O–H groups in total. The van der Waals surface area contributed by atoms with Crippen molar-refractivity contribution in [1.82, 2.24) is 20.2 Å². The molecular formula is C23H18BrN5O3S. The highest BCUT2D eigenvalue weighted by Gasteiger charge is 2.17. The Balaban J connectivity index is 1.49. The van der Waals surface area contributed by atoms with Gasteiger partial charge in [0.15, 0.2) is 11.0 Å². The molecule has 0 saturated heterocycles. The first-order valence-electron chi connectivity index (χ1n) is 9.75. The maximum absolute atomic E-state index is 12.3. The second-order valence-corrected chi connectivity index (χ2v) is 8.67. The van der Waals surface area contributed by atoms with Crippen LogP contribution >= 0.6 is 27.7 Å². The number of hydrogen-bond acceptors (Lipinski definition) is 7. The summed E-state index contributed by atoms with van der Waals surface area (Å²) in [5.41, 5.74) is 4.56. The number of nitrogens with one attached hydrogen (secondary N) is 1. The van der Waals surface area contributed by atoms with Gasteiger partial charge in [-0.3, -0.25) is 9.36 Å². The summed E-state index contributed by atoms with van der Waals surface area (Å²) >= 11 is 4.67. The molecule has 0 aliphatic heterocycles. The number of aromatic nitrogens is 3. The fourth-order valence-corrected chi connectivity index (χ4v) is 3.95. The molecule has 0 atom stereocenters. The van der Waals surface area contributed by atoms with E-state index >= 15 is 0 Å². The van der Waals surface area contributed by atoms with Crippen LogP contribution in [0.15, 0.2) is 87.5 Å². The molecule has 8 nitrogen and oxygen atoms in total. The molecule has 0 bridgehead atoms. The Morgan fingerprint density at radius 2 is 1.82 bits per heavy atom. The number of phenols is 2. The van der Waals surface area contributed by atoms with Crippen molar-refractivity contribution in [2.24, 2.45) is 5.10 Å². The molecule has 10 heteroatoms. The molecule has 3 aromatic carbocycles. The molecule has 1 heterocycles. The third-order valence-corrected chi connectivity index (χ3v) is 5.95. The summed E-state index contributed by atoms with van der Waals surface area (Å²) in [7, 11) is 0. The van der Waals surface area contributed by atoms with Gasteiger partial charge in [0.05, 0.1) is 12.0 Å². The Morgan fingerprint density at radius 1 is 1.06 bits per heavy atom. The maximum Gasteiger partial charge on any atom is 0.250 e. The summed E-state index contributed by atoms with van der Waals surface area (Å²) in [6.07, 6.45) is 1.30. The zero-order chi connectivity index (χ0) is 23.2. The minimum atomic E-state index is -0.345. The minimum Gasteiger partial charge on any atom is -0.508 e. The molecule has 0 radical (unpaired) electrons. The molecule has 0 aliphatic rings. The average Bonchev–Trinajstić information content (AvgIpc) is 3.24. The number of thioether (sulfide) groups is 1. The van der Waals surface area contributed by atoms with Gasteiger partial charge in [-0.1, -0.05) is 58.0 Å². The van der Waals surface area contributed by atoms with Crippen LogP contribution in [0.25, 0.3) is 17.1 Å². The van der Waals surface area contributed by atoms with E-state index in [2.05, 4.69) is 36.7 Å². The van der Waals surface area contributed by atoms with Gasteiger partial charge in [-0.15, -0.1) is 10.2 Å². The zero-order valence-corrected chi connectivity index (χ0v) is 19.5. The third-order valence-electron chi connectivity index (χ3n) is 4.49. The number of carbonyl (C=O) groups excluding carboxylic acids is 1. The van der Waals surface area contributed by atoms with Gasteiger partial charge in [-0.2, -0.15) is 5.10 Å². The minimum absolute atomic E-state index is 0.0597. The van der Waals surface area contributed by atoms with Crippen molar-refractivity contribution in [2.75, 3.05) is 5.75 Å². The van der Waals surface area contributed by atoms with Gasteiger partial charge in [-0.05, 0) is 36.4 Å². The van der Waals surface area contributed by atoms with E-state index < -0.39 is 0 Å². The van der Waals surface area contributed by atoms with Crippen LogP contribution in [0.4, 0.5) is 0 Å². The van der Waals surface area contributed by atoms with Crippen LogP contribution < -0.4 is 5.43 Å². The van der Waals surface area contributed by atoms with Crippen molar-refractivity contribution < 1.29 is 15.0 Å². The standard InChI is InChI=1S/C23H18BrN5O3S/c24-17-9-6-15(7-10-17)22-27-28-23(29(22)18-4-2-1-3-5-18)33-14-21(32)26-25-13-16-8-11-19(30)12-20(16)31/h1-13,30-31H,14H2,(H,26,32)/b25-13-. The van der Waals surface area contributed by atoms with Gasteiger partial charge >= 0.3 is 0 Å². The number of benzene rings is 3. The highest BCUT2D eigenvalue weighted by molar-refractivity contribution is 9.10. The summed E-state index contributed by atoms with van der Waals surface area (Å²) in [5.74, 6) is 0.179. The molecule has 0 fully saturated rings. The van der Waals surface area contributed by atoms with Gasteiger partial charge in [0.1, 0.15) is 11.5 Å². The third kappa shape index (κ3) is 5.60. The second kappa shape index (κ2) is 10.3. The van der Waals surface area contributed by atoms with E-state index in [1.54, 1.807) is 0 Å². The molecule has 4 aromatic rings. The first-order chi connectivity index (χ1) is 16.0. The van der Waals surface area contributed by atoms with Crippen molar-refractivity contribution in [2.45, 2.75) is 5.16 Å². The van der Waals surface area contributed by atoms with Gasteiger partial charge < -0.3 is 10.2 Å². The number of phenolic OH excluding ortho intramolecular Hbond substituents is 2. The van der Waals surface area contributed by atoms with Crippen molar-refractivity contribution in [3.8, 4) is 28.6 Å². The summed E-state index contributed by atoms with van der Waals surface area (Å²) in [6.45, 7) is 0. The molecular weight excluding hydrogens is 506 g/mol. The van der Waals surface area contributed by atoms with E-state index in [0.29, 0.717) is 16.5 Å². The zero-order valence-electron chi connectivity index (χ0n) is 17.1. The van der Waals surface area contributed by atoms with Crippen LogP contribution in [0, 0.1) is 0 Å². The van der Waals surface area contributed by atoms with Crippen LogP contribution in [0.2, 0.25) is 0 Å². The second-order valence-electron chi connectivity index (χ2n) is 6.81. The van der Waals surface area contributed by atoms with Crippen LogP contribution in [-0.2, 0) is 4.79 Å². The summed E-state index contributed by atoms with van der Waals surface area (Å²) in [4.78, 5) is 12.3. The Morgan fingerprint density at radius 3 is 2.55 bits per heavy atom. The average molecular weight is 524 g/mol. The maximum atomic E-state index is 12.3. The monoisotopic (exact) mass is 523 g/mol. The number of para-hydroxylation sites is 1. The first kappa shape index (κ1) is 22.6. The van der Waals surface area contributed by atoms with Crippen molar-refractivity contribution in [1.29, 1.82) is 0 Å². The molecule has 0 aliphatic carbocycles. The number of halogens is 1. The van der Waals surface area contributed by atoms with E-state index in [1.165, 1.54) is 36.2 Å². The van der Waals surface area contributed by atoms with Crippen molar-refractivity contribution in [3.05, 3.63) is 82.8 Å². The molecule has 1 aromatic heterocycles. The van der Waals surface area contributed by atoms with Gasteiger partial charge in [0, 0.05) is 27.4 Å². The molecule has 1 amide bonds. The van der Waals surface area contributed by atoms with Gasteiger partial charge in [0.2, 0.25) is 0 Å². The number of amides is 1. The van der Waals surface area contributed by atoms with E-state index in [1.807, 2.05) is 59.2 Å². The topological polar surface area (TPSA) is 113 Å². The molecule has 0 spiro atoms. The van der Waals surface area contributed by atoms with E-state index in [0.717, 1.165) is 15.7 Å². The fraction of sp³-hybridized carbons (Fsp3) is 0.0435. The Kier molecular flexibility index (Phi) is 7.06. The molecule has 4 rings (SSSR count). The molecule has 166 valence electrons. The summed E-state index contributed by atoms with van der Waals surface area (Å²) in [5, 5.41) is 32.2. The predicted molar refractivity (Wildman–Crippen MR) is 131 cm³/mol. The highest BCUT2D eigenvalue weighted by atomic mass is 79.9. The summed E-state index contributed by atoms with van der Waals surface area (Å²) < 4.78 is 2.86. The SMILES string of the molecule is O=C(CSc1nnc(-c2ccc(Br)cc2)n1-c1ccccc1)N/N=C\c1ccc(O)cc1O.